The third-order valence-corrected chi connectivity index (χ3v) is 2.50. The third kappa shape index (κ3) is 1.68. The molecule has 4 nitrogen and oxygen atoms in total. The Hall–Kier alpha value is -1.89. The molecule has 2 rings (SSSR count). The molecule has 15 heavy (non-hydrogen) atoms. The second kappa shape index (κ2) is 4.09. The molecule has 0 fully saturated rings. The van der Waals surface area contributed by atoms with Gasteiger partial charge >= 0.3 is 0 Å². The zero-order chi connectivity index (χ0) is 14.2. The van der Waals surface area contributed by atoms with Crippen LogP contribution < -0.4 is 0 Å². The standard InChI is InChI=1S/C11H11N3O/c12-7-8-14(13-15)11-6-5-9-3-1-2-4-10(9)11/h1-4,11H,5-6,8H2/t11-/m1/s1/i1D,2D,3D,4D. The third-order valence-electron chi connectivity index (χ3n) is 2.50. The smallest absolute Gasteiger partial charge is 0.127 e. The van der Waals surface area contributed by atoms with Crippen molar-refractivity contribution < 1.29 is 5.48 Å². The van der Waals surface area contributed by atoms with E-state index < -0.39 is 6.04 Å². The second-order valence-corrected chi connectivity index (χ2v) is 3.28. The highest BCUT2D eigenvalue weighted by Crippen LogP contribution is 2.35. The number of nitriles is 1. The first-order valence-corrected chi connectivity index (χ1v) is 4.58. The number of benzene rings is 1. The van der Waals surface area contributed by atoms with Crippen molar-refractivity contribution in [1.29, 1.82) is 5.26 Å². The zero-order valence-corrected chi connectivity index (χ0v) is 7.95. The maximum Gasteiger partial charge on any atom is 0.127 e. The molecule has 1 aliphatic rings. The Morgan fingerprint density at radius 1 is 1.67 bits per heavy atom. The van der Waals surface area contributed by atoms with Gasteiger partial charge in [-0.05, 0) is 24.0 Å². The minimum Gasteiger partial charge on any atom is -0.239 e. The van der Waals surface area contributed by atoms with Gasteiger partial charge in [0, 0.05) is 0 Å². The topological polar surface area (TPSA) is 56.5 Å². The molecule has 0 bridgehead atoms. The molecule has 0 aromatic heterocycles. The Morgan fingerprint density at radius 2 is 2.47 bits per heavy atom. The molecular formula is C11H11N3O. The van der Waals surface area contributed by atoms with Gasteiger partial charge in [0.05, 0.1) is 22.9 Å². The number of hydrogen-bond donors (Lipinski definition) is 0. The first-order chi connectivity index (χ1) is 9.02. The highest BCUT2D eigenvalue weighted by molar-refractivity contribution is 5.34. The Labute approximate surface area is 93.7 Å². The molecule has 0 unspecified atom stereocenters. The van der Waals surface area contributed by atoms with E-state index in [4.69, 9.17) is 10.7 Å². The average Bonchev–Trinajstić information content (AvgIpc) is 2.84. The van der Waals surface area contributed by atoms with Gasteiger partial charge in [0.25, 0.3) is 0 Å². The van der Waals surface area contributed by atoms with Crippen molar-refractivity contribution in [3.63, 3.8) is 0 Å². The zero-order valence-electron chi connectivity index (χ0n) is 11.9. The van der Waals surface area contributed by atoms with Crippen LogP contribution in [0.5, 0.6) is 0 Å². The molecule has 0 radical (unpaired) electrons. The number of nitrogens with zero attached hydrogens (tertiary/aromatic N) is 3. The van der Waals surface area contributed by atoms with Crippen LogP contribution in [0, 0.1) is 16.2 Å². The molecule has 1 aromatic carbocycles. The number of fused-ring (bicyclic) bond motifs is 1. The van der Waals surface area contributed by atoms with Crippen molar-refractivity contribution >= 4 is 0 Å². The lowest BCUT2D eigenvalue weighted by Gasteiger charge is -2.20. The van der Waals surface area contributed by atoms with Crippen molar-refractivity contribution in [2.45, 2.75) is 18.9 Å². The van der Waals surface area contributed by atoms with Gasteiger partial charge < -0.3 is 0 Å². The van der Waals surface area contributed by atoms with Crippen LogP contribution >= 0.6 is 0 Å². The fourth-order valence-corrected chi connectivity index (χ4v) is 1.82. The number of nitroso groups, excluding NO2 is 1. The van der Waals surface area contributed by atoms with Crippen LogP contribution in [0.25, 0.3) is 0 Å². The molecule has 1 aromatic rings. The predicted octanol–water partition coefficient (Wildman–Crippen LogP) is 2.18. The van der Waals surface area contributed by atoms with Crippen molar-refractivity contribution in [1.82, 2.24) is 5.01 Å². The summed E-state index contributed by atoms with van der Waals surface area (Å²) >= 11 is 0. The summed E-state index contributed by atoms with van der Waals surface area (Å²) in [4.78, 5) is 10.8. The van der Waals surface area contributed by atoms with Crippen molar-refractivity contribution in [3.05, 3.63) is 40.2 Å². The van der Waals surface area contributed by atoms with Crippen LogP contribution in [-0.4, -0.2) is 11.6 Å². The monoisotopic (exact) mass is 205 g/mol. The molecule has 0 spiro atoms. The van der Waals surface area contributed by atoms with Gasteiger partial charge in [-0.25, -0.2) is 5.01 Å². The van der Waals surface area contributed by atoms with Crippen molar-refractivity contribution in [2.75, 3.05) is 6.54 Å². The van der Waals surface area contributed by atoms with Crippen LogP contribution in [-0.2, 0) is 6.42 Å². The normalized spacial score (nSPS) is 21.7. The quantitative estimate of drug-likeness (QED) is 0.431. The average molecular weight is 205 g/mol. The fraction of sp³-hybridized carbons (Fsp3) is 0.364. The lowest BCUT2D eigenvalue weighted by molar-refractivity contribution is 0.228. The molecule has 76 valence electrons. The first-order valence-electron chi connectivity index (χ1n) is 6.58. The van der Waals surface area contributed by atoms with E-state index >= 15 is 0 Å². The summed E-state index contributed by atoms with van der Waals surface area (Å²) in [7, 11) is 0. The molecule has 1 aliphatic carbocycles. The minimum absolute atomic E-state index is 0.0682. The Bertz CT molecular complexity index is 585. The molecule has 1 atom stereocenters. The van der Waals surface area contributed by atoms with Crippen molar-refractivity contribution in [3.8, 4) is 6.07 Å². The largest absolute Gasteiger partial charge is 0.239 e. The van der Waals surface area contributed by atoms with E-state index in [1.807, 2.05) is 6.07 Å². The van der Waals surface area contributed by atoms with Gasteiger partial charge in [0.2, 0.25) is 0 Å². The number of rotatable bonds is 3. The summed E-state index contributed by atoms with van der Waals surface area (Å²) in [6, 6.07) is 0.474. The van der Waals surface area contributed by atoms with E-state index in [9.17, 15) is 4.91 Å². The van der Waals surface area contributed by atoms with Gasteiger partial charge in [0.1, 0.15) is 6.54 Å². The van der Waals surface area contributed by atoms with Crippen LogP contribution in [0.15, 0.2) is 29.5 Å². The molecular weight excluding hydrogens is 190 g/mol. The molecule has 0 saturated heterocycles. The van der Waals surface area contributed by atoms with E-state index in [0.717, 1.165) is 5.01 Å². The summed E-state index contributed by atoms with van der Waals surface area (Å²) in [5.41, 5.74) is 0.906. The van der Waals surface area contributed by atoms with Gasteiger partial charge in [-0.2, -0.15) is 5.26 Å². The van der Waals surface area contributed by atoms with Crippen LogP contribution in [0.2, 0.25) is 0 Å². The molecule has 0 amide bonds. The summed E-state index contributed by atoms with van der Waals surface area (Å²) in [5.74, 6) is 0. The van der Waals surface area contributed by atoms with Gasteiger partial charge in [-0.3, -0.25) is 0 Å². The molecule has 0 heterocycles. The number of hydrogen-bond acceptors (Lipinski definition) is 3. The van der Waals surface area contributed by atoms with Gasteiger partial charge in [0.15, 0.2) is 0 Å². The van der Waals surface area contributed by atoms with Crippen LogP contribution in [0.3, 0.4) is 0 Å². The maximum absolute atomic E-state index is 10.8. The molecule has 0 saturated carbocycles. The maximum atomic E-state index is 10.8. The Balaban J connectivity index is 2.56. The summed E-state index contributed by atoms with van der Waals surface area (Å²) in [6.45, 7) is -0.198. The second-order valence-electron chi connectivity index (χ2n) is 3.28. The highest BCUT2D eigenvalue weighted by Gasteiger charge is 2.27. The van der Waals surface area contributed by atoms with Crippen LogP contribution in [0.4, 0.5) is 0 Å². The summed E-state index contributed by atoms with van der Waals surface area (Å²) in [6.07, 6.45) is 0.914. The summed E-state index contributed by atoms with van der Waals surface area (Å²) < 4.78 is 31.0. The van der Waals surface area contributed by atoms with Crippen LogP contribution in [0.1, 0.15) is 29.1 Å². The molecule has 0 N–H and O–H groups in total. The summed E-state index contributed by atoms with van der Waals surface area (Å²) in [5, 5.41) is 12.5. The highest BCUT2D eigenvalue weighted by atomic mass is 16.3. The van der Waals surface area contributed by atoms with E-state index in [-0.39, 0.29) is 30.7 Å². The van der Waals surface area contributed by atoms with E-state index in [1.165, 1.54) is 0 Å². The Morgan fingerprint density at radius 3 is 3.20 bits per heavy atom. The van der Waals surface area contributed by atoms with Gasteiger partial charge in [-0.15, -0.1) is 4.91 Å². The Kier molecular flexibility index (Phi) is 1.60. The van der Waals surface area contributed by atoms with E-state index in [1.54, 1.807) is 0 Å². The predicted molar refractivity (Wildman–Crippen MR) is 55.6 cm³/mol. The molecule has 0 aliphatic heterocycles. The first kappa shape index (κ1) is 5.86. The fourth-order valence-electron chi connectivity index (χ4n) is 1.82. The van der Waals surface area contributed by atoms with E-state index in [2.05, 4.69) is 5.29 Å². The lowest BCUT2D eigenvalue weighted by atomic mass is 10.1. The SMILES string of the molecule is [2H]c1c([2H])c([2H])c2c(c1[2H])CC[C@H]2N(CC#N)N=O. The van der Waals surface area contributed by atoms with Gasteiger partial charge in [-0.1, -0.05) is 24.2 Å². The van der Waals surface area contributed by atoms with E-state index in [0.29, 0.717) is 24.0 Å². The molecule has 4 heteroatoms. The minimum atomic E-state index is -0.548. The lowest BCUT2D eigenvalue weighted by Crippen LogP contribution is -2.21. The van der Waals surface area contributed by atoms with Crippen molar-refractivity contribution in [2.24, 2.45) is 5.29 Å².